The molecule has 0 unspecified atom stereocenters. The molecule has 2 aliphatic heterocycles. The molecule has 1 N–H and O–H groups in total. The Morgan fingerprint density at radius 1 is 1.25 bits per heavy atom. The van der Waals surface area contributed by atoms with Crippen LogP contribution >= 0.6 is 0 Å². The van der Waals surface area contributed by atoms with E-state index in [2.05, 4.69) is 15.4 Å². The van der Waals surface area contributed by atoms with Gasteiger partial charge in [-0.05, 0) is 0 Å². The van der Waals surface area contributed by atoms with Crippen LogP contribution in [0.1, 0.15) is 17.0 Å². The van der Waals surface area contributed by atoms with Crippen molar-refractivity contribution >= 4 is 0 Å². The van der Waals surface area contributed by atoms with Gasteiger partial charge in [0.2, 0.25) is 0 Å². The Kier molecular flexibility index (Phi) is 2.90. The van der Waals surface area contributed by atoms with Crippen molar-refractivity contribution in [3.63, 3.8) is 0 Å². The highest BCUT2D eigenvalue weighted by Crippen LogP contribution is 2.19. The van der Waals surface area contributed by atoms with Crippen molar-refractivity contribution < 1.29 is 9.26 Å². The average Bonchev–Trinajstić information content (AvgIpc) is 2.90. The lowest BCUT2D eigenvalue weighted by molar-refractivity contribution is 0.0377. The molecular formula is C11H17N3O2. The van der Waals surface area contributed by atoms with Crippen molar-refractivity contribution in [3.8, 4) is 0 Å². The minimum atomic E-state index is 0.857. The second kappa shape index (κ2) is 4.53. The maximum absolute atomic E-state index is 5.38. The SMILES string of the molecule is C1CN(CCc2onc3c2CNC3)CCO1. The summed E-state index contributed by atoms with van der Waals surface area (Å²) in [6, 6.07) is 0. The number of rotatable bonds is 3. The Balaban J connectivity index is 1.57. The average molecular weight is 223 g/mol. The first-order valence-corrected chi connectivity index (χ1v) is 5.90. The van der Waals surface area contributed by atoms with E-state index in [4.69, 9.17) is 9.26 Å². The maximum Gasteiger partial charge on any atom is 0.142 e. The summed E-state index contributed by atoms with van der Waals surface area (Å²) >= 11 is 0. The lowest BCUT2D eigenvalue weighted by atomic mass is 10.2. The second-order valence-electron chi connectivity index (χ2n) is 4.34. The molecule has 0 atom stereocenters. The van der Waals surface area contributed by atoms with Crippen LogP contribution in [-0.2, 0) is 24.2 Å². The van der Waals surface area contributed by atoms with Gasteiger partial charge in [-0.25, -0.2) is 0 Å². The van der Waals surface area contributed by atoms with Gasteiger partial charge in [0, 0.05) is 44.7 Å². The molecule has 2 aliphatic rings. The molecule has 88 valence electrons. The third-order valence-electron chi connectivity index (χ3n) is 3.30. The Morgan fingerprint density at radius 2 is 2.12 bits per heavy atom. The normalized spacial score (nSPS) is 21.2. The van der Waals surface area contributed by atoms with E-state index in [1.165, 1.54) is 5.56 Å². The third-order valence-corrected chi connectivity index (χ3v) is 3.30. The van der Waals surface area contributed by atoms with Crippen LogP contribution in [0.25, 0.3) is 0 Å². The standard InChI is InChI=1S/C11H17N3O2/c1(2-14-3-5-15-6-4-14)11-9-7-12-8-10(9)13-16-11/h12H,1-8H2. The Bertz CT molecular complexity index is 358. The molecule has 0 radical (unpaired) electrons. The molecule has 1 fully saturated rings. The van der Waals surface area contributed by atoms with E-state index in [0.29, 0.717) is 0 Å². The Morgan fingerprint density at radius 3 is 3.00 bits per heavy atom. The van der Waals surface area contributed by atoms with Crippen LogP contribution < -0.4 is 5.32 Å². The number of ether oxygens (including phenoxy) is 1. The number of hydrogen-bond acceptors (Lipinski definition) is 5. The summed E-state index contributed by atoms with van der Waals surface area (Å²) in [4.78, 5) is 2.42. The largest absolute Gasteiger partial charge is 0.379 e. The van der Waals surface area contributed by atoms with E-state index >= 15 is 0 Å². The number of fused-ring (bicyclic) bond motifs is 1. The van der Waals surface area contributed by atoms with Crippen molar-refractivity contribution in [2.75, 3.05) is 32.8 Å². The lowest BCUT2D eigenvalue weighted by Gasteiger charge is -2.26. The van der Waals surface area contributed by atoms with Gasteiger partial charge in [0.05, 0.1) is 13.2 Å². The minimum absolute atomic E-state index is 0.857. The third kappa shape index (κ3) is 1.98. The van der Waals surface area contributed by atoms with E-state index in [1.807, 2.05) is 0 Å². The summed E-state index contributed by atoms with van der Waals surface area (Å²) in [6.07, 6.45) is 0.962. The van der Waals surface area contributed by atoms with Crippen molar-refractivity contribution in [2.45, 2.75) is 19.5 Å². The van der Waals surface area contributed by atoms with Gasteiger partial charge in [-0.3, -0.25) is 4.90 Å². The highest BCUT2D eigenvalue weighted by atomic mass is 16.5. The van der Waals surface area contributed by atoms with Crippen molar-refractivity contribution in [1.29, 1.82) is 0 Å². The fraction of sp³-hybridized carbons (Fsp3) is 0.727. The molecule has 1 saturated heterocycles. The Labute approximate surface area is 94.7 Å². The molecule has 1 aromatic heterocycles. The summed E-state index contributed by atoms with van der Waals surface area (Å²) in [7, 11) is 0. The van der Waals surface area contributed by atoms with E-state index in [9.17, 15) is 0 Å². The molecule has 0 aromatic carbocycles. The zero-order valence-electron chi connectivity index (χ0n) is 9.37. The van der Waals surface area contributed by atoms with Crippen molar-refractivity contribution in [2.24, 2.45) is 0 Å². The highest BCUT2D eigenvalue weighted by Gasteiger charge is 2.21. The van der Waals surface area contributed by atoms with Gasteiger partial charge in [-0.15, -0.1) is 0 Å². The van der Waals surface area contributed by atoms with Crippen LogP contribution in [0.4, 0.5) is 0 Å². The zero-order valence-corrected chi connectivity index (χ0v) is 9.37. The van der Waals surface area contributed by atoms with Gasteiger partial charge in [-0.2, -0.15) is 0 Å². The fourth-order valence-corrected chi connectivity index (χ4v) is 2.31. The topological polar surface area (TPSA) is 50.5 Å². The number of nitrogens with one attached hydrogen (secondary N) is 1. The van der Waals surface area contributed by atoms with Gasteiger partial charge in [0.1, 0.15) is 11.5 Å². The molecule has 0 aliphatic carbocycles. The molecule has 1 aromatic rings. The van der Waals surface area contributed by atoms with Gasteiger partial charge < -0.3 is 14.6 Å². The van der Waals surface area contributed by atoms with E-state index in [-0.39, 0.29) is 0 Å². The van der Waals surface area contributed by atoms with Gasteiger partial charge in [0.15, 0.2) is 0 Å². The van der Waals surface area contributed by atoms with E-state index in [1.54, 1.807) is 0 Å². The lowest BCUT2D eigenvalue weighted by Crippen LogP contribution is -2.37. The van der Waals surface area contributed by atoms with Crippen LogP contribution in [0.15, 0.2) is 4.52 Å². The van der Waals surface area contributed by atoms with Crippen LogP contribution in [0.3, 0.4) is 0 Å². The van der Waals surface area contributed by atoms with Crippen molar-refractivity contribution in [1.82, 2.24) is 15.4 Å². The number of morpholine rings is 1. The number of nitrogens with zero attached hydrogens (tertiary/aromatic N) is 2. The van der Waals surface area contributed by atoms with E-state index < -0.39 is 0 Å². The fourth-order valence-electron chi connectivity index (χ4n) is 2.31. The van der Waals surface area contributed by atoms with E-state index in [0.717, 1.165) is 63.8 Å². The molecule has 5 heteroatoms. The molecule has 0 amide bonds. The monoisotopic (exact) mass is 223 g/mol. The number of hydrogen-bond donors (Lipinski definition) is 1. The first-order valence-electron chi connectivity index (χ1n) is 5.90. The predicted molar refractivity (Wildman–Crippen MR) is 58.0 cm³/mol. The molecule has 0 spiro atoms. The molecule has 3 heterocycles. The van der Waals surface area contributed by atoms with Gasteiger partial charge in [-0.1, -0.05) is 5.16 Å². The Hall–Kier alpha value is -0.910. The summed E-state index contributed by atoms with van der Waals surface area (Å²) in [5.74, 6) is 1.06. The molecule has 5 nitrogen and oxygen atoms in total. The van der Waals surface area contributed by atoms with Crippen LogP contribution in [0.2, 0.25) is 0 Å². The first-order chi connectivity index (χ1) is 7.93. The molecule has 0 bridgehead atoms. The maximum atomic E-state index is 5.38. The quantitative estimate of drug-likeness (QED) is 0.790. The van der Waals surface area contributed by atoms with Crippen LogP contribution in [-0.4, -0.2) is 42.9 Å². The number of aromatic nitrogens is 1. The summed E-state index contributed by atoms with van der Waals surface area (Å²) in [5, 5.41) is 7.37. The van der Waals surface area contributed by atoms with Crippen LogP contribution in [0, 0.1) is 0 Å². The highest BCUT2D eigenvalue weighted by molar-refractivity contribution is 5.26. The van der Waals surface area contributed by atoms with Crippen molar-refractivity contribution in [3.05, 3.63) is 17.0 Å². The van der Waals surface area contributed by atoms with Gasteiger partial charge >= 0.3 is 0 Å². The molecule has 16 heavy (non-hydrogen) atoms. The first kappa shape index (κ1) is 10.3. The predicted octanol–water partition coefficient (Wildman–Crippen LogP) is 0.152. The van der Waals surface area contributed by atoms with Crippen LogP contribution in [0.5, 0.6) is 0 Å². The summed E-state index contributed by atoms with van der Waals surface area (Å²) < 4.78 is 10.7. The van der Waals surface area contributed by atoms with Gasteiger partial charge in [0.25, 0.3) is 0 Å². The minimum Gasteiger partial charge on any atom is -0.379 e. The molecule has 3 rings (SSSR count). The summed E-state index contributed by atoms with van der Waals surface area (Å²) in [6.45, 7) is 6.61. The second-order valence-corrected chi connectivity index (χ2v) is 4.34. The smallest absolute Gasteiger partial charge is 0.142 e. The molecule has 0 saturated carbocycles. The zero-order chi connectivity index (χ0) is 10.8. The summed E-state index contributed by atoms with van der Waals surface area (Å²) in [5.41, 5.74) is 2.38. The molecular weight excluding hydrogens is 206 g/mol.